The minimum Gasteiger partial charge on any atom is -0.353 e. The number of anilines is 2. The number of aromatic nitrogens is 5. The fourth-order valence-electron chi connectivity index (χ4n) is 2.86. The summed E-state index contributed by atoms with van der Waals surface area (Å²) in [4.78, 5) is 18.0. The van der Waals surface area contributed by atoms with E-state index in [1.807, 2.05) is 42.2 Å². The Morgan fingerprint density at radius 3 is 2.28 bits per heavy atom. The molecule has 0 amide bonds. The molecule has 0 aromatic carbocycles. The van der Waals surface area contributed by atoms with E-state index in [4.69, 9.17) is 4.98 Å². The Labute approximate surface area is 154 Å². The molecule has 1 saturated heterocycles. The van der Waals surface area contributed by atoms with Crippen LogP contribution in [0.4, 0.5) is 11.8 Å². The van der Waals surface area contributed by atoms with Crippen LogP contribution in [0.3, 0.4) is 0 Å². The highest BCUT2D eigenvalue weighted by atomic mass is 79.9. The molecule has 0 saturated carbocycles. The smallest absolute Gasteiger partial charge is 0.225 e. The quantitative estimate of drug-likeness (QED) is 0.673. The first-order valence-electron chi connectivity index (χ1n) is 8.15. The summed E-state index contributed by atoms with van der Waals surface area (Å²) in [5.74, 6) is 2.59. The van der Waals surface area contributed by atoms with Crippen LogP contribution in [0.5, 0.6) is 0 Å². The van der Waals surface area contributed by atoms with Gasteiger partial charge in [0.05, 0.1) is 10.7 Å². The SMILES string of the molecule is Cc1cnn(-c2cccc(N3CCN(c4ncc(Br)cn4)CC3)n2)c1. The maximum absolute atomic E-state index is 4.76. The molecule has 4 rings (SSSR count). The van der Waals surface area contributed by atoms with E-state index >= 15 is 0 Å². The summed E-state index contributed by atoms with van der Waals surface area (Å²) < 4.78 is 2.70. The summed E-state index contributed by atoms with van der Waals surface area (Å²) in [7, 11) is 0. The van der Waals surface area contributed by atoms with Gasteiger partial charge < -0.3 is 9.80 Å². The summed E-state index contributed by atoms with van der Waals surface area (Å²) in [5.41, 5.74) is 1.12. The van der Waals surface area contributed by atoms with Crippen LogP contribution in [0.15, 0.2) is 47.5 Å². The van der Waals surface area contributed by atoms with Crippen molar-refractivity contribution in [3.8, 4) is 5.82 Å². The lowest BCUT2D eigenvalue weighted by atomic mass is 10.3. The zero-order valence-corrected chi connectivity index (χ0v) is 15.5. The standard InChI is InChI=1S/C17H18BrN7/c1-13-9-21-25(12-13)16-4-2-3-15(22-16)23-5-7-24(8-6-23)17-19-10-14(18)11-20-17/h2-4,9-12H,5-8H2,1H3. The first kappa shape index (κ1) is 16.0. The van der Waals surface area contributed by atoms with E-state index in [0.717, 1.165) is 53.8 Å². The van der Waals surface area contributed by atoms with E-state index in [1.54, 1.807) is 12.4 Å². The van der Waals surface area contributed by atoms with Crippen LogP contribution in [0.2, 0.25) is 0 Å². The van der Waals surface area contributed by atoms with Crippen molar-refractivity contribution in [2.75, 3.05) is 36.0 Å². The predicted molar refractivity (Wildman–Crippen MR) is 100 cm³/mol. The Hall–Kier alpha value is -2.48. The van der Waals surface area contributed by atoms with Crippen molar-refractivity contribution in [1.29, 1.82) is 0 Å². The van der Waals surface area contributed by atoms with Gasteiger partial charge in [0.15, 0.2) is 5.82 Å². The van der Waals surface area contributed by atoms with Crippen molar-refractivity contribution in [2.24, 2.45) is 0 Å². The molecular formula is C17H18BrN7. The highest BCUT2D eigenvalue weighted by Crippen LogP contribution is 2.18. The average Bonchev–Trinajstić information content (AvgIpc) is 3.09. The van der Waals surface area contributed by atoms with Crippen LogP contribution in [-0.4, -0.2) is 50.9 Å². The Morgan fingerprint density at radius 2 is 1.60 bits per heavy atom. The fourth-order valence-corrected chi connectivity index (χ4v) is 3.06. The molecule has 0 bridgehead atoms. The highest BCUT2D eigenvalue weighted by Gasteiger charge is 2.20. The summed E-state index contributed by atoms with van der Waals surface area (Å²) in [6, 6.07) is 6.05. The average molecular weight is 400 g/mol. The van der Waals surface area contributed by atoms with Gasteiger partial charge in [-0.1, -0.05) is 6.07 Å². The van der Waals surface area contributed by atoms with Gasteiger partial charge in [-0.3, -0.25) is 0 Å². The molecule has 1 aliphatic heterocycles. The van der Waals surface area contributed by atoms with Crippen molar-refractivity contribution >= 4 is 27.7 Å². The Morgan fingerprint density at radius 1 is 0.920 bits per heavy atom. The molecule has 8 heteroatoms. The molecule has 0 atom stereocenters. The number of piperazine rings is 1. The number of rotatable bonds is 3. The third-order valence-corrected chi connectivity index (χ3v) is 4.57. The van der Waals surface area contributed by atoms with Gasteiger partial charge in [0.1, 0.15) is 5.82 Å². The van der Waals surface area contributed by atoms with Gasteiger partial charge in [0.2, 0.25) is 5.95 Å². The predicted octanol–water partition coefficient (Wildman–Crippen LogP) is 2.45. The lowest BCUT2D eigenvalue weighted by Gasteiger charge is -2.35. The Bertz CT molecular complexity index is 853. The maximum Gasteiger partial charge on any atom is 0.225 e. The molecule has 1 fully saturated rings. The first-order valence-corrected chi connectivity index (χ1v) is 8.94. The molecule has 4 heterocycles. The molecule has 0 radical (unpaired) electrons. The third kappa shape index (κ3) is 3.48. The van der Waals surface area contributed by atoms with Crippen molar-refractivity contribution in [2.45, 2.75) is 6.92 Å². The second-order valence-electron chi connectivity index (χ2n) is 5.99. The Balaban J connectivity index is 1.46. The number of halogens is 1. The van der Waals surface area contributed by atoms with Crippen LogP contribution < -0.4 is 9.80 Å². The van der Waals surface area contributed by atoms with Crippen LogP contribution >= 0.6 is 15.9 Å². The third-order valence-electron chi connectivity index (χ3n) is 4.16. The minimum atomic E-state index is 0.775. The molecule has 3 aromatic heterocycles. The maximum atomic E-state index is 4.76. The minimum absolute atomic E-state index is 0.775. The van der Waals surface area contributed by atoms with Crippen LogP contribution in [0.1, 0.15) is 5.56 Å². The number of hydrogen-bond acceptors (Lipinski definition) is 6. The summed E-state index contributed by atoms with van der Waals surface area (Å²) in [6.07, 6.45) is 7.39. The van der Waals surface area contributed by atoms with Gasteiger partial charge >= 0.3 is 0 Å². The molecule has 0 spiro atoms. The fraction of sp³-hybridized carbons (Fsp3) is 0.294. The topological polar surface area (TPSA) is 63.0 Å². The molecule has 7 nitrogen and oxygen atoms in total. The summed E-state index contributed by atoms with van der Waals surface area (Å²) >= 11 is 3.37. The molecule has 128 valence electrons. The van der Waals surface area contributed by atoms with Crippen LogP contribution in [-0.2, 0) is 0 Å². The lowest BCUT2D eigenvalue weighted by molar-refractivity contribution is 0.633. The number of nitrogens with zero attached hydrogens (tertiary/aromatic N) is 7. The number of pyridine rings is 1. The van der Waals surface area contributed by atoms with Crippen LogP contribution in [0, 0.1) is 6.92 Å². The van der Waals surface area contributed by atoms with Crippen molar-refractivity contribution < 1.29 is 0 Å². The monoisotopic (exact) mass is 399 g/mol. The van der Waals surface area contributed by atoms with E-state index in [2.05, 4.69) is 40.8 Å². The van der Waals surface area contributed by atoms with Crippen LogP contribution in [0.25, 0.3) is 5.82 Å². The summed E-state index contributed by atoms with van der Waals surface area (Å²) in [5, 5.41) is 4.34. The van der Waals surface area contributed by atoms with Crippen molar-refractivity contribution in [1.82, 2.24) is 24.7 Å². The van der Waals surface area contributed by atoms with E-state index in [9.17, 15) is 0 Å². The van der Waals surface area contributed by atoms with E-state index < -0.39 is 0 Å². The molecular weight excluding hydrogens is 382 g/mol. The van der Waals surface area contributed by atoms with Gasteiger partial charge in [0.25, 0.3) is 0 Å². The lowest BCUT2D eigenvalue weighted by Crippen LogP contribution is -2.47. The van der Waals surface area contributed by atoms with Crippen molar-refractivity contribution in [3.63, 3.8) is 0 Å². The number of aryl methyl sites for hydroxylation is 1. The second-order valence-corrected chi connectivity index (χ2v) is 6.91. The Kier molecular flexibility index (Phi) is 4.35. The van der Waals surface area contributed by atoms with Gasteiger partial charge in [-0.05, 0) is 40.5 Å². The van der Waals surface area contributed by atoms with Gasteiger partial charge in [-0.15, -0.1) is 0 Å². The molecule has 0 N–H and O–H groups in total. The van der Waals surface area contributed by atoms with Crippen molar-refractivity contribution in [3.05, 3.63) is 53.0 Å². The largest absolute Gasteiger partial charge is 0.353 e. The zero-order valence-electron chi connectivity index (χ0n) is 13.9. The second kappa shape index (κ2) is 6.79. The van der Waals surface area contributed by atoms with E-state index in [1.165, 1.54) is 0 Å². The molecule has 1 aliphatic rings. The summed E-state index contributed by atoms with van der Waals surface area (Å²) in [6.45, 7) is 5.53. The normalized spacial score (nSPS) is 14.8. The van der Waals surface area contributed by atoms with Gasteiger partial charge in [0, 0.05) is 44.8 Å². The van der Waals surface area contributed by atoms with E-state index in [-0.39, 0.29) is 0 Å². The number of hydrogen-bond donors (Lipinski definition) is 0. The molecule has 0 aliphatic carbocycles. The first-order chi connectivity index (χ1) is 12.2. The highest BCUT2D eigenvalue weighted by molar-refractivity contribution is 9.10. The molecule has 25 heavy (non-hydrogen) atoms. The van der Waals surface area contributed by atoms with Gasteiger partial charge in [-0.25, -0.2) is 19.6 Å². The van der Waals surface area contributed by atoms with E-state index in [0.29, 0.717) is 0 Å². The molecule has 0 unspecified atom stereocenters. The molecule has 3 aromatic rings. The van der Waals surface area contributed by atoms with Gasteiger partial charge in [-0.2, -0.15) is 5.10 Å². The zero-order chi connectivity index (χ0) is 17.2.